The van der Waals surface area contributed by atoms with Crippen molar-refractivity contribution in [1.82, 2.24) is 0 Å². The Hall–Kier alpha value is -1.79. The lowest BCUT2D eigenvalue weighted by Crippen LogP contribution is -2.42. The van der Waals surface area contributed by atoms with Crippen LogP contribution in [0.1, 0.15) is 13.8 Å². The number of ether oxygens (including phenoxy) is 2. The van der Waals surface area contributed by atoms with Gasteiger partial charge < -0.3 is 14.8 Å². The van der Waals surface area contributed by atoms with Crippen molar-refractivity contribution in [1.29, 1.82) is 0 Å². The van der Waals surface area contributed by atoms with Crippen molar-refractivity contribution in [2.75, 3.05) is 5.32 Å². The number of anilines is 1. The first kappa shape index (κ1) is 15.6. The van der Waals surface area contributed by atoms with E-state index in [-0.39, 0.29) is 21.3 Å². The Labute approximate surface area is 129 Å². The fraction of sp³-hybridized carbons (Fsp3) is 0.231. The first-order valence-corrected chi connectivity index (χ1v) is 6.54. The zero-order valence-electron chi connectivity index (χ0n) is 11.0. The first-order valence-electron chi connectivity index (χ1n) is 5.78. The number of benzene rings is 1. The smallest absolute Gasteiger partial charge is 0.350 e. The molecule has 0 atom stereocenters. The minimum absolute atomic E-state index is 0.0469. The van der Waals surface area contributed by atoms with Crippen molar-refractivity contribution in [3.8, 4) is 0 Å². The molecular formula is C13H10Cl2FNO4. The average Bonchev–Trinajstić information content (AvgIpc) is 2.36. The normalized spacial score (nSPS) is 17.1. The first-order chi connectivity index (χ1) is 9.71. The summed E-state index contributed by atoms with van der Waals surface area (Å²) in [5.41, 5.74) is -0.442. The van der Waals surface area contributed by atoms with Gasteiger partial charge in [-0.15, -0.1) is 0 Å². The largest absolute Gasteiger partial charge is 0.419 e. The molecule has 0 amide bonds. The Balaban J connectivity index is 2.24. The van der Waals surface area contributed by atoms with Crippen molar-refractivity contribution in [2.45, 2.75) is 19.6 Å². The van der Waals surface area contributed by atoms with Gasteiger partial charge in [-0.3, -0.25) is 0 Å². The highest BCUT2D eigenvalue weighted by Crippen LogP contribution is 2.30. The SMILES string of the molecule is CC1(C)OC(=O)C(=CNc2ccc(Cl)c(Cl)c2F)C(=O)O1. The molecule has 1 aliphatic heterocycles. The molecule has 21 heavy (non-hydrogen) atoms. The maximum absolute atomic E-state index is 13.8. The third-order valence-corrected chi connectivity index (χ3v) is 3.31. The molecule has 8 heteroatoms. The molecule has 0 unspecified atom stereocenters. The second kappa shape index (κ2) is 5.54. The third-order valence-electron chi connectivity index (χ3n) is 2.52. The molecule has 0 aromatic heterocycles. The summed E-state index contributed by atoms with van der Waals surface area (Å²) in [6.45, 7) is 2.84. The Kier molecular flexibility index (Phi) is 4.11. The number of hydrogen-bond acceptors (Lipinski definition) is 5. The van der Waals surface area contributed by atoms with Gasteiger partial charge in [0.05, 0.1) is 15.7 Å². The van der Waals surface area contributed by atoms with E-state index in [2.05, 4.69) is 5.32 Å². The predicted molar refractivity (Wildman–Crippen MR) is 74.4 cm³/mol. The Morgan fingerprint density at radius 2 is 1.76 bits per heavy atom. The second-order valence-electron chi connectivity index (χ2n) is 4.60. The van der Waals surface area contributed by atoms with E-state index in [0.717, 1.165) is 6.20 Å². The van der Waals surface area contributed by atoms with Gasteiger partial charge in [-0.2, -0.15) is 0 Å². The van der Waals surface area contributed by atoms with E-state index in [1.54, 1.807) is 0 Å². The van der Waals surface area contributed by atoms with Crippen molar-refractivity contribution in [3.63, 3.8) is 0 Å². The van der Waals surface area contributed by atoms with E-state index in [1.807, 2.05) is 0 Å². The summed E-state index contributed by atoms with van der Waals surface area (Å²) in [6, 6.07) is 2.68. The number of carbonyl (C=O) groups excluding carboxylic acids is 2. The standard InChI is InChI=1S/C13H10Cl2FNO4/c1-13(2)20-11(18)6(12(19)21-13)5-17-8-4-3-7(14)9(15)10(8)16/h3-5,17H,1-2H3. The van der Waals surface area contributed by atoms with Crippen LogP contribution in [0.3, 0.4) is 0 Å². The van der Waals surface area contributed by atoms with Gasteiger partial charge in [-0.25, -0.2) is 14.0 Å². The van der Waals surface area contributed by atoms with E-state index in [9.17, 15) is 14.0 Å². The molecule has 1 fully saturated rings. The second-order valence-corrected chi connectivity index (χ2v) is 5.39. The van der Waals surface area contributed by atoms with E-state index in [1.165, 1.54) is 26.0 Å². The van der Waals surface area contributed by atoms with Crippen LogP contribution in [0, 0.1) is 5.82 Å². The molecule has 0 bridgehead atoms. The lowest BCUT2D eigenvalue weighted by molar-refractivity contribution is -0.222. The van der Waals surface area contributed by atoms with Gasteiger partial charge in [0.2, 0.25) is 0 Å². The van der Waals surface area contributed by atoms with E-state index in [0.29, 0.717) is 0 Å². The summed E-state index contributed by atoms with van der Waals surface area (Å²) in [4.78, 5) is 23.4. The van der Waals surface area contributed by atoms with Crippen molar-refractivity contribution < 1.29 is 23.5 Å². The van der Waals surface area contributed by atoms with E-state index < -0.39 is 23.5 Å². The molecule has 0 spiro atoms. The summed E-state index contributed by atoms with van der Waals surface area (Å²) < 4.78 is 23.6. The van der Waals surface area contributed by atoms with Crippen LogP contribution in [-0.2, 0) is 19.1 Å². The van der Waals surface area contributed by atoms with Crippen LogP contribution in [0.15, 0.2) is 23.9 Å². The quantitative estimate of drug-likeness (QED) is 0.389. The summed E-state index contributed by atoms with van der Waals surface area (Å²) in [6.07, 6.45) is 0.989. The fourth-order valence-corrected chi connectivity index (χ4v) is 1.88. The van der Waals surface area contributed by atoms with Crippen LogP contribution in [0.25, 0.3) is 0 Å². The Morgan fingerprint density at radius 3 is 2.33 bits per heavy atom. The van der Waals surface area contributed by atoms with Crippen LogP contribution in [0.5, 0.6) is 0 Å². The summed E-state index contributed by atoms with van der Waals surface area (Å²) >= 11 is 11.3. The summed E-state index contributed by atoms with van der Waals surface area (Å²) in [7, 11) is 0. The van der Waals surface area contributed by atoms with E-state index in [4.69, 9.17) is 32.7 Å². The van der Waals surface area contributed by atoms with Gasteiger partial charge >= 0.3 is 11.9 Å². The number of cyclic esters (lactones) is 2. The van der Waals surface area contributed by atoms with Crippen LogP contribution in [0.2, 0.25) is 10.0 Å². The molecule has 1 aromatic carbocycles. The number of halogens is 3. The molecule has 1 aliphatic rings. The van der Waals surface area contributed by atoms with Gasteiger partial charge in [0.1, 0.15) is 0 Å². The Morgan fingerprint density at radius 1 is 1.19 bits per heavy atom. The number of hydrogen-bond donors (Lipinski definition) is 1. The lowest BCUT2D eigenvalue weighted by atomic mass is 10.2. The molecule has 2 rings (SSSR count). The predicted octanol–water partition coefficient (Wildman–Crippen LogP) is 3.26. The number of nitrogens with one attached hydrogen (secondary N) is 1. The zero-order chi connectivity index (χ0) is 15.8. The molecule has 0 aliphatic carbocycles. The highest BCUT2D eigenvalue weighted by molar-refractivity contribution is 6.42. The monoisotopic (exact) mass is 333 g/mol. The molecule has 112 valence electrons. The number of rotatable bonds is 2. The number of carbonyl (C=O) groups is 2. The van der Waals surface area contributed by atoms with Crippen molar-refractivity contribution >= 4 is 40.8 Å². The third kappa shape index (κ3) is 3.28. The molecule has 0 saturated carbocycles. The van der Waals surface area contributed by atoms with Gasteiger partial charge in [-0.05, 0) is 12.1 Å². The molecule has 1 N–H and O–H groups in total. The maximum Gasteiger partial charge on any atom is 0.350 e. The topological polar surface area (TPSA) is 64.6 Å². The number of esters is 2. The van der Waals surface area contributed by atoms with Crippen LogP contribution in [0.4, 0.5) is 10.1 Å². The summed E-state index contributed by atoms with van der Waals surface area (Å²) in [5.74, 6) is -3.88. The zero-order valence-corrected chi connectivity index (χ0v) is 12.5. The van der Waals surface area contributed by atoms with Gasteiger partial charge in [0, 0.05) is 20.0 Å². The molecule has 1 aromatic rings. The lowest BCUT2D eigenvalue weighted by Gasteiger charge is -2.29. The van der Waals surface area contributed by atoms with Gasteiger partial charge in [0.25, 0.3) is 5.79 Å². The highest BCUT2D eigenvalue weighted by Gasteiger charge is 2.38. The molecule has 0 radical (unpaired) electrons. The highest BCUT2D eigenvalue weighted by atomic mass is 35.5. The van der Waals surface area contributed by atoms with Crippen molar-refractivity contribution in [3.05, 3.63) is 39.8 Å². The average molecular weight is 334 g/mol. The van der Waals surface area contributed by atoms with Crippen LogP contribution >= 0.6 is 23.2 Å². The molecule has 1 heterocycles. The van der Waals surface area contributed by atoms with Crippen molar-refractivity contribution in [2.24, 2.45) is 0 Å². The minimum Gasteiger partial charge on any atom is -0.419 e. The van der Waals surface area contributed by atoms with Gasteiger partial charge in [-0.1, -0.05) is 23.2 Å². The van der Waals surface area contributed by atoms with Crippen LogP contribution < -0.4 is 5.32 Å². The molecule has 5 nitrogen and oxygen atoms in total. The summed E-state index contributed by atoms with van der Waals surface area (Å²) in [5, 5.41) is 2.24. The van der Waals surface area contributed by atoms with Crippen LogP contribution in [-0.4, -0.2) is 17.7 Å². The maximum atomic E-state index is 13.8. The Bertz CT molecular complexity index is 636. The molecule has 1 saturated heterocycles. The minimum atomic E-state index is -1.33. The molecular weight excluding hydrogens is 324 g/mol. The fourth-order valence-electron chi connectivity index (χ4n) is 1.57. The van der Waals surface area contributed by atoms with E-state index >= 15 is 0 Å². The van der Waals surface area contributed by atoms with Gasteiger partial charge in [0.15, 0.2) is 11.4 Å².